The monoisotopic (exact) mass is 240 g/mol. The molecule has 4 nitrogen and oxygen atoms in total. The van der Waals surface area contributed by atoms with E-state index in [-0.39, 0.29) is 0 Å². The number of anilines is 1. The van der Waals surface area contributed by atoms with Gasteiger partial charge in [0.2, 0.25) is 0 Å². The Kier molecular flexibility index (Phi) is 3.14. The van der Waals surface area contributed by atoms with Gasteiger partial charge in [-0.1, -0.05) is 13.3 Å². The lowest BCUT2D eigenvalue weighted by atomic mass is 10.2. The maximum Gasteiger partial charge on any atom is 0.340 e. The lowest BCUT2D eigenvalue weighted by Gasteiger charge is -2.03. The molecule has 0 aromatic carbocycles. The Morgan fingerprint density at radius 1 is 1.69 bits per heavy atom. The van der Waals surface area contributed by atoms with E-state index in [4.69, 9.17) is 5.11 Å². The van der Waals surface area contributed by atoms with Crippen molar-refractivity contribution in [3.05, 3.63) is 11.3 Å². The van der Waals surface area contributed by atoms with Crippen LogP contribution in [0.4, 0.5) is 5.00 Å². The highest BCUT2D eigenvalue weighted by molar-refractivity contribution is 7.10. The minimum atomic E-state index is -0.888. The molecule has 2 unspecified atom stereocenters. The number of rotatable bonds is 5. The number of aromatic carboxylic acids is 1. The summed E-state index contributed by atoms with van der Waals surface area (Å²) in [6, 6.07) is 0.456. The molecular weight excluding hydrogens is 224 g/mol. The van der Waals surface area contributed by atoms with E-state index in [0.29, 0.717) is 28.2 Å². The molecule has 0 amide bonds. The Morgan fingerprint density at radius 3 is 3.06 bits per heavy atom. The average Bonchev–Trinajstić information content (AvgIpc) is 2.81. The molecule has 16 heavy (non-hydrogen) atoms. The molecule has 0 radical (unpaired) electrons. The Balaban J connectivity index is 2.03. The summed E-state index contributed by atoms with van der Waals surface area (Å²) < 4.78 is 4.09. The molecule has 2 atom stereocenters. The summed E-state index contributed by atoms with van der Waals surface area (Å²) in [4.78, 5) is 11.0. The van der Waals surface area contributed by atoms with Gasteiger partial charge in [-0.2, -0.15) is 4.37 Å². The van der Waals surface area contributed by atoms with E-state index in [1.807, 2.05) is 0 Å². The first-order valence-electron chi connectivity index (χ1n) is 5.59. The number of nitrogens with one attached hydrogen (secondary N) is 1. The Bertz CT molecular complexity index is 403. The number of carboxylic acids is 1. The van der Waals surface area contributed by atoms with Crippen molar-refractivity contribution in [1.29, 1.82) is 0 Å². The van der Waals surface area contributed by atoms with E-state index in [0.717, 1.165) is 6.42 Å². The van der Waals surface area contributed by atoms with Crippen LogP contribution in [0.25, 0.3) is 0 Å². The maximum atomic E-state index is 11.0. The minimum absolute atomic E-state index is 0.340. The normalized spacial score (nSPS) is 23.1. The zero-order valence-electron chi connectivity index (χ0n) is 9.49. The second-order valence-corrected chi connectivity index (χ2v) is 5.09. The third-order valence-corrected chi connectivity index (χ3v) is 3.84. The van der Waals surface area contributed by atoms with Crippen LogP contribution in [0.1, 0.15) is 42.2 Å². The summed E-state index contributed by atoms with van der Waals surface area (Å²) in [6.07, 6.45) is 3.57. The van der Waals surface area contributed by atoms with E-state index >= 15 is 0 Å². The topological polar surface area (TPSA) is 62.2 Å². The summed E-state index contributed by atoms with van der Waals surface area (Å²) in [5, 5.41) is 13.1. The van der Waals surface area contributed by atoms with Crippen LogP contribution >= 0.6 is 11.5 Å². The Labute approximate surface area is 98.9 Å². The summed E-state index contributed by atoms with van der Waals surface area (Å²) in [7, 11) is 0. The molecule has 1 saturated carbocycles. The fourth-order valence-electron chi connectivity index (χ4n) is 2.00. The maximum absolute atomic E-state index is 11.0. The van der Waals surface area contributed by atoms with Crippen molar-refractivity contribution in [3.63, 3.8) is 0 Å². The van der Waals surface area contributed by atoms with Crippen LogP contribution in [-0.2, 0) is 0 Å². The highest BCUT2D eigenvalue weighted by Gasteiger charge is 2.37. The van der Waals surface area contributed by atoms with Crippen LogP contribution < -0.4 is 5.32 Å². The standard InChI is InChI=1S/C11H16N2O2S/c1-3-4-7-5-8(7)12-10-9(11(14)15)6(2)13-16-10/h7-8,12H,3-5H2,1-2H3,(H,14,15). The minimum Gasteiger partial charge on any atom is -0.478 e. The lowest BCUT2D eigenvalue weighted by Crippen LogP contribution is -2.08. The van der Waals surface area contributed by atoms with Gasteiger partial charge in [0, 0.05) is 6.04 Å². The molecule has 1 aliphatic carbocycles. The highest BCUT2D eigenvalue weighted by Crippen LogP contribution is 2.39. The Morgan fingerprint density at radius 2 is 2.44 bits per heavy atom. The van der Waals surface area contributed by atoms with Gasteiger partial charge in [0.05, 0.1) is 5.69 Å². The summed E-state index contributed by atoms with van der Waals surface area (Å²) in [5.41, 5.74) is 0.944. The van der Waals surface area contributed by atoms with Gasteiger partial charge >= 0.3 is 5.97 Å². The molecular formula is C11H16N2O2S. The van der Waals surface area contributed by atoms with Gasteiger partial charge in [-0.15, -0.1) is 0 Å². The SMILES string of the molecule is CCCC1CC1Nc1snc(C)c1C(=O)O. The van der Waals surface area contributed by atoms with Gasteiger partial charge in [-0.05, 0) is 37.2 Å². The largest absolute Gasteiger partial charge is 0.478 e. The number of carboxylic acid groups (broad SMARTS) is 1. The fraction of sp³-hybridized carbons (Fsp3) is 0.636. The van der Waals surface area contributed by atoms with Gasteiger partial charge in [-0.3, -0.25) is 0 Å². The number of aromatic nitrogens is 1. The van der Waals surface area contributed by atoms with Crippen LogP contribution in [0, 0.1) is 12.8 Å². The number of nitrogens with zero attached hydrogens (tertiary/aromatic N) is 1. The van der Waals surface area contributed by atoms with Crippen LogP contribution in [0.3, 0.4) is 0 Å². The van der Waals surface area contributed by atoms with Gasteiger partial charge in [-0.25, -0.2) is 4.79 Å². The van der Waals surface area contributed by atoms with Crippen LogP contribution in [0.2, 0.25) is 0 Å². The molecule has 88 valence electrons. The van der Waals surface area contributed by atoms with Gasteiger partial charge in [0.15, 0.2) is 0 Å². The molecule has 2 rings (SSSR count). The predicted octanol–water partition coefficient (Wildman–Crippen LogP) is 2.75. The van der Waals surface area contributed by atoms with E-state index < -0.39 is 5.97 Å². The zero-order valence-corrected chi connectivity index (χ0v) is 10.3. The number of hydrogen-bond acceptors (Lipinski definition) is 4. The van der Waals surface area contributed by atoms with Crippen molar-refractivity contribution < 1.29 is 9.90 Å². The molecule has 2 N–H and O–H groups in total. The van der Waals surface area contributed by atoms with Crippen LogP contribution in [0.5, 0.6) is 0 Å². The second kappa shape index (κ2) is 4.41. The number of aryl methyl sites for hydroxylation is 1. The van der Waals surface area contributed by atoms with Crippen molar-refractivity contribution >= 4 is 22.5 Å². The second-order valence-electron chi connectivity index (χ2n) is 4.31. The van der Waals surface area contributed by atoms with Gasteiger partial charge in [0.25, 0.3) is 0 Å². The zero-order chi connectivity index (χ0) is 11.7. The van der Waals surface area contributed by atoms with E-state index in [1.165, 1.54) is 24.4 Å². The fourth-order valence-corrected chi connectivity index (χ4v) is 2.85. The number of hydrogen-bond donors (Lipinski definition) is 2. The molecule has 1 aromatic rings. The molecule has 0 aliphatic heterocycles. The summed E-state index contributed by atoms with van der Waals surface area (Å²) in [6.45, 7) is 3.91. The smallest absolute Gasteiger partial charge is 0.340 e. The molecule has 0 spiro atoms. The van der Waals surface area contributed by atoms with Crippen molar-refractivity contribution in [2.45, 2.75) is 39.2 Å². The third-order valence-electron chi connectivity index (χ3n) is 2.98. The molecule has 0 saturated heterocycles. The van der Waals surface area contributed by atoms with Crippen molar-refractivity contribution in [2.75, 3.05) is 5.32 Å². The first-order chi connectivity index (χ1) is 7.63. The highest BCUT2D eigenvalue weighted by atomic mass is 32.1. The Hall–Kier alpha value is -1.10. The lowest BCUT2D eigenvalue weighted by molar-refractivity contribution is 0.0697. The van der Waals surface area contributed by atoms with Crippen LogP contribution in [-0.4, -0.2) is 21.5 Å². The predicted molar refractivity (Wildman–Crippen MR) is 64.2 cm³/mol. The third kappa shape index (κ3) is 2.19. The van der Waals surface area contributed by atoms with E-state index in [9.17, 15) is 4.79 Å². The van der Waals surface area contributed by atoms with E-state index in [1.54, 1.807) is 6.92 Å². The first-order valence-corrected chi connectivity index (χ1v) is 6.37. The molecule has 0 bridgehead atoms. The molecule has 1 aliphatic rings. The molecule has 1 aromatic heterocycles. The van der Waals surface area contributed by atoms with Gasteiger partial charge < -0.3 is 10.4 Å². The summed E-state index contributed by atoms with van der Waals surface area (Å²) in [5.74, 6) is -0.171. The van der Waals surface area contributed by atoms with Crippen molar-refractivity contribution in [2.24, 2.45) is 5.92 Å². The summed E-state index contributed by atoms with van der Waals surface area (Å²) >= 11 is 1.25. The van der Waals surface area contributed by atoms with E-state index in [2.05, 4.69) is 16.6 Å². The van der Waals surface area contributed by atoms with Crippen LogP contribution in [0.15, 0.2) is 0 Å². The quantitative estimate of drug-likeness (QED) is 0.830. The van der Waals surface area contributed by atoms with Crippen molar-refractivity contribution in [3.8, 4) is 0 Å². The van der Waals surface area contributed by atoms with Crippen molar-refractivity contribution in [1.82, 2.24) is 4.37 Å². The molecule has 5 heteroatoms. The average molecular weight is 240 g/mol. The molecule has 1 heterocycles. The first kappa shape index (κ1) is 11.4. The van der Waals surface area contributed by atoms with Gasteiger partial charge in [0.1, 0.15) is 10.6 Å². The number of carbonyl (C=O) groups is 1. The molecule has 1 fully saturated rings.